The van der Waals surface area contributed by atoms with E-state index in [-0.39, 0.29) is 18.0 Å². The Labute approximate surface area is 145 Å². The van der Waals surface area contributed by atoms with E-state index in [4.69, 9.17) is 5.11 Å². The normalized spacial score (nSPS) is 20.8. The number of aliphatic carboxylic acids is 1. The monoisotopic (exact) mass is 382 g/mol. The smallest absolute Gasteiger partial charge is 0.317 e. The molecule has 1 saturated carbocycles. The first-order valence-corrected chi connectivity index (χ1v) is 8.82. The van der Waals surface area contributed by atoms with Crippen molar-refractivity contribution in [1.82, 2.24) is 10.2 Å². The molecule has 0 aliphatic heterocycles. The number of carbonyl (C=O) groups excluding carboxylic acids is 1. The van der Waals surface area contributed by atoms with Crippen LogP contribution >= 0.6 is 15.9 Å². The molecule has 0 saturated heterocycles. The molecule has 2 rings (SSSR count). The van der Waals surface area contributed by atoms with Gasteiger partial charge in [0.05, 0.1) is 5.92 Å². The van der Waals surface area contributed by atoms with Crippen molar-refractivity contribution in [3.05, 3.63) is 34.3 Å². The predicted molar refractivity (Wildman–Crippen MR) is 92.1 cm³/mol. The first-order valence-electron chi connectivity index (χ1n) is 8.03. The molecule has 1 aliphatic rings. The van der Waals surface area contributed by atoms with E-state index in [1.807, 2.05) is 31.2 Å². The van der Waals surface area contributed by atoms with Gasteiger partial charge in [0, 0.05) is 23.6 Å². The summed E-state index contributed by atoms with van der Waals surface area (Å²) < 4.78 is 0.994. The zero-order valence-electron chi connectivity index (χ0n) is 13.3. The second-order valence-electron chi connectivity index (χ2n) is 5.94. The third-order valence-electron chi connectivity index (χ3n) is 4.39. The van der Waals surface area contributed by atoms with Crippen LogP contribution in [0.4, 0.5) is 4.79 Å². The summed E-state index contributed by atoms with van der Waals surface area (Å²) >= 11 is 3.51. The number of urea groups is 1. The van der Waals surface area contributed by atoms with Gasteiger partial charge in [0.1, 0.15) is 0 Å². The Hall–Kier alpha value is -1.56. The number of nitrogens with zero attached hydrogens (tertiary/aromatic N) is 1. The summed E-state index contributed by atoms with van der Waals surface area (Å²) in [6.45, 7) is 3.13. The summed E-state index contributed by atoms with van der Waals surface area (Å²) in [6.07, 6.45) is 2.73. The van der Waals surface area contributed by atoms with Crippen LogP contribution in [0.15, 0.2) is 28.7 Å². The molecule has 23 heavy (non-hydrogen) atoms. The van der Waals surface area contributed by atoms with Crippen molar-refractivity contribution in [3.63, 3.8) is 0 Å². The molecule has 5 nitrogen and oxygen atoms in total. The number of rotatable bonds is 5. The lowest BCUT2D eigenvalue weighted by atomic mass is 9.86. The number of nitrogens with one attached hydrogen (secondary N) is 1. The van der Waals surface area contributed by atoms with Crippen LogP contribution < -0.4 is 5.32 Å². The lowest BCUT2D eigenvalue weighted by Crippen LogP contribution is -2.46. The van der Waals surface area contributed by atoms with Crippen molar-refractivity contribution in [2.24, 2.45) is 5.92 Å². The minimum Gasteiger partial charge on any atom is -0.481 e. The van der Waals surface area contributed by atoms with Crippen LogP contribution in [-0.2, 0) is 11.3 Å². The van der Waals surface area contributed by atoms with Crippen molar-refractivity contribution in [3.8, 4) is 0 Å². The predicted octanol–water partition coefficient (Wildman–Crippen LogP) is 3.62. The van der Waals surface area contributed by atoms with E-state index in [0.29, 0.717) is 25.9 Å². The van der Waals surface area contributed by atoms with Crippen LogP contribution in [0.3, 0.4) is 0 Å². The molecule has 0 spiro atoms. The second-order valence-corrected chi connectivity index (χ2v) is 6.80. The molecule has 1 aromatic carbocycles. The highest BCUT2D eigenvalue weighted by Gasteiger charge is 2.27. The molecule has 1 fully saturated rings. The van der Waals surface area contributed by atoms with E-state index < -0.39 is 5.97 Å². The van der Waals surface area contributed by atoms with Gasteiger partial charge in [-0.05, 0) is 44.2 Å². The van der Waals surface area contributed by atoms with Crippen molar-refractivity contribution >= 4 is 27.9 Å². The van der Waals surface area contributed by atoms with Crippen molar-refractivity contribution in [2.75, 3.05) is 6.54 Å². The van der Waals surface area contributed by atoms with E-state index >= 15 is 0 Å². The van der Waals surface area contributed by atoms with Crippen LogP contribution in [0.2, 0.25) is 0 Å². The Balaban J connectivity index is 1.88. The number of hydrogen-bond donors (Lipinski definition) is 2. The molecule has 2 amide bonds. The molecule has 2 N–H and O–H groups in total. The number of halogens is 1. The van der Waals surface area contributed by atoms with Gasteiger partial charge in [-0.25, -0.2) is 4.79 Å². The van der Waals surface area contributed by atoms with Crippen LogP contribution in [0.5, 0.6) is 0 Å². The molecule has 0 atom stereocenters. The average molecular weight is 383 g/mol. The molecule has 0 aromatic heterocycles. The van der Waals surface area contributed by atoms with Gasteiger partial charge in [-0.1, -0.05) is 34.1 Å². The fourth-order valence-electron chi connectivity index (χ4n) is 2.91. The van der Waals surface area contributed by atoms with Gasteiger partial charge in [0.25, 0.3) is 0 Å². The number of amides is 2. The summed E-state index contributed by atoms with van der Waals surface area (Å²) in [4.78, 5) is 25.2. The molecule has 1 aliphatic carbocycles. The average Bonchev–Trinajstić information content (AvgIpc) is 2.54. The standard InChI is InChI=1S/C17H23BrN2O3/c1-2-20(11-13-5-3-4-6-15(13)18)17(23)19-14-9-7-12(8-10-14)16(21)22/h3-6,12,14H,2,7-11H2,1H3,(H,19,23)(H,21,22). The van der Waals surface area contributed by atoms with E-state index in [9.17, 15) is 9.59 Å². The molecular weight excluding hydrogens is 360 g/mol. The first-order chi connectivity index (χ1) is 11.0. The molecule has 1 aromatic rings. The molecule has 0 unspecified atom stereocenters. The van der Waals surface area contributed by atoms with Gasteiger partial charge in [0.2, 0.25) is 0 Å². The lowest BCUT2D eigenvalue weighted by Gasteiger charge is -2.30. The maximum Gasteiger partial charge on any atom is 0.317 e. The summed E-state index contributed by atoms with van der Waals surface area (Å²) in [5, 5.41) is 12.1. The third-order valence-corrected chi connectivity index (χ3v) is 5.17. The Bertz CT molecular complexity index is 557. The van der Waals surface area contributed by atoms with E-state index in [2.05, 4.69) is 21.2 Å². The maximum absolute atomic E-state index is 12.5. The van der Waals surface area contributed by atoms with Crippen LogP contribution in [-0.4, -0.2) is 34.6 Å². The SMILES string of the molecule is CCN(Cc1ccccc1Br)C(=O)NC1CCC(C(=O)O)CC1. The first kappa shape index (κ1) is 17.8. The Kier molecular flexibility index (Phi) is 6.45. The lowest BCUT2D eigenvalue weighted by molar-refractivity contribution is -0.142. The maximum atomic E-state index is 12.5. The number of carboxylic acids is 1. The van der Waals surface area contributed by atoms with Gasteiger partial charge in [-0.2, -0.15) is 0 Å². The quantitative estimate of drug-likeness (QED) is 0.816. The zero-order valence-corrected chi connectivity index (χ0v) is 14.9. The Morgan fingerprint density at radius 3 is 2.48 bits per heavy atom. The van der Waals surface area contributed by atoms with E-state index in [0.717, 1.165) is 22.9 Å². The highest BCUT2D eigenvalue weighted by Crippen LogP contribution is 2.25. The number of hydrogen-bond acceptors (Lipinski definition) is 2. The van der Waals surface area contributed by atoms with Crippen LogP contribution in [0, 0.1) is 5.92 Å². The van der Waals surface area contributed by atoms with Gasteiger partial charge < -0.3 is 15.3 Å². The second kappa shape index (κ2) is 8.34. The molecular formula is C17H23BrN2O3. The summed E-state index contributed by atoms with van der Waals surface area (Å²) in [5.74, 6) is -0.982. The molecule has 0 bridgehead atoms. The minimum atomic E-state index is -0.723. The fourth-order valence-corrected chi connectivity index (χ4v) is 3.32. The van der Waals surface area contributed by atoms with Crippen molar-refractivity contribution in [1.29, 1.82) is 0 Å². The zero-order chi connectivity index (χ0) is 16.8. The Morgan fingerprint density at radius 2 is 1.91 bits per heavy atom. The van der Waals surface area contributed by atoms with Crippen LogP contribution in [0.1, 0.15) is 38.2 Å². The Morgan fingerprint density at radius 1 is 1.26 bits per heavy atom. The minimum absolute atomic E-state index is 0.0753. The summed E-state index contributed by atoms with van der Waals surface area (Å²) in [6, 6.07) is 7.87. The van der Waals surface area contributed by atoms with Gasteiger partial charge >= 0.3 is 12.0 Å². The number of carbonyl (C=O) groups is 2. The largest absolute Gasteiger partial charge is 0.481 e. The van der Waals surface area contributed by atoms with Gasteiger partial charge in [0.15, 0.2) is 0 Å². The van der Waals surface area contributed by atoms with Crippen LogP contribution in [0.25, 0.3) is 0 Å². The number of carboxylic acid groups (broad SMARTS) is 1. The fraction of sp³-hybridized carbons (Fsp3) is 0.529. The highest BCUT2D eigenvalue weighted by molar-refractivity contribution is 9.10. The molecule has 0 heterocycles. The summed E-state index contributed by atoms with van der Waals surface area (Å²) in [5.41, 5.74) is 1.07. The van der Waals surface area contributed by atoms with Crippen molar-refractivity contribution in [2.45, 2.75) is 45.2 Å². The van der Waals surface area contributed by atoms with E-state index in [1.54, 1.807) is 4.90 Å². The third kappa shape index (κ3) is 4.96. The highest BCUT2D eigenvalue weighted by atomic mass is 79.9. The molecule has 6 heteroatoms. The van der Waals surface area contributed by atoms with Gasteiger partial charge in [-0.3, -0.25) is 4.79 Å². The summed E-state index contributed by atoms with van der Waals surface area (Å²) in [7, 11) is 0. The number of benzene rings is 1. The molecule has 0 radical (unpaired) electrons. The van der Waals surface area contributed by atoms with Crippen molar-refractivity contribution < 1.29 is 14.7 Å². The molecule has 126 valence electrons. The van der Waals surface area contributed by atoms with E-state index in [1.165, 1.54) is 0 Å². The van der Waals surface area contributed by atoms with Gasteiger partial charge in [-0.15, -0.1) is 0 Å². The topological polar surface area (TPSA) is 69.6 Å².